The van der Waals surface area contributed by atoms with Crippen molar-refractivity contribution in [2.24, 2.45) is 0 Å². The van der Waals surface area contributed by atoms with Crippen molar-refractivity contribution >= 4 is 15.5 Å². The van der Waals surface area contributed by atoms with E-state index in [-0.39, 0.29) is 5.25 Å². The lowest BCUT2D eigenvalue weighted by atomic mass is 10.3. The van der Waals surface area contributed by atoms with Crippen molar-refractivity contribution in [3.8, 4) is 0 Å². The van der Waals surface area contributed by atoms with E-state index in [1.807, 2.05) is 6.07 Å². The molecule has 0 radical (unpaired) electrons. The van der Waals surface area contributed by atoms with E-state index in [1.54, 1.807) is 18.2 Å². The zero-order valence-electron chi connectivity index (χ0n) is 13.4. The SMILES string of the molecule is O=S(=O)(c1cccc(NCc2nc(C3CC3)no2)c1)C1CCCC1. The van der Waals surface area contributed by atoms with E-state index >= 15 is 0 Å². The van der Waals surface area contributed by atoms with E-state index in [9.17, 15) is 8.42 Å². The smallest absolute Gasteiger partial charge is 0.245 e. The first kappa shape index (κ1) is 15.6. The molecule has 0 amide bonds. The maximum absolute atomic E-state index is 12.7. The van der Waals surface area contributed by atoms with Gasteiger partial charge >= 0.3 is 0 Å². The molecule has 2 aliphatic carbocycles. The molecule has 1 heterocycles. The second kappa shape index (κ2) is 6.20. The Morgan fingerprint density at radius 2 is 1.96 bits per heavy atom. The molecule has 0 aliphatic heterocycles. The fraction of sp³-hybridized carbons (Fsp3) is 0.529. The Balaban J connectivity index is 1.45. The molecule has 1 aromatic carbocycles. The van der Waals surface area contributed by atoms with Gasteiger partial charge in [-0.2, -0.15) is 4.98 Å². The van der Waals surface area contributed by atoms with Crippen molar-refractivity contribution in [2.75, 3.05) is 5.32 Å². The lowest BCUT2D eigenvalue weighted by molar-refractivity contribution is 0.378. The molecule has 2 aliphatic rings. The number of rotatable bonds is 6. The van der Waals surface area contributed by atoms with E-state index in [0.29, 0.717) is 23.2 Å². The molecule has 1 N–H and O–H groups in total. The number of nitrogens with zero attached hydrogens (tertiary/aromatic N) is 2. The van der Waals surface area contributed by atoms with Gasteiger partial charge in [-0.05, 0) is 43.9 Å². The first-order chi connectivity index (χ1) is 11.6. The average molecular weight is 347 g/mol. The fourth-order valence-corrected chi connectivity index (χ4v) is 5.10. The predicted molar refractivity (Wildman–Crippen MR) is 89.5 cm³/mol. The van der Waals surface area contributed by atoms with E-state index in [0.717, 1.165) is 50.0 Å². The summed E-state index contributed by atoms with van der Waals surface area (Å²) in [5.74, 6) is 1.77. The Bertz CT molecular complexity index is 821. The summed E-state index contributed by atoms with van der Waals surface area (Å²) in [4.78, 5) is 4.76. The topological polar surface area (TPSA) is 85.1 Å². The molecule has 0 spiro atoms. The van der Waals surface area contributed by atoms with Gasteiger partial charge in [0, 0.05) is 11.6 Å². The maximum atomic E-state index is 12.7. The van der Waals surface area contributed by atoms with Crippen LogP contribution in [0.3, 0.4) is 0 Å². The summed E-state index contributed by atoms with van der Waals surface area (Å²) in [6, 6.07) is 7.00. The average Bonchev–Trinajstić information content (AvgIpc) is 3.11. The Morgan fingerprint density at radius 3 is 2.71 bits per heavy atom. The number of sulfone groups is 1. The minimum atomic E-state index is -3.23. The number of anilines is 1. The third kappa shape index (κ3) is 3.17. The number of aromatic nitrogens is 2. The first-order valence-electron chi connectivity index (χ1n) is 8.53. The number of benzene rings is 1. The van der Waals surface area contributed by atoms with Crippen molar-refractivity contribution in [2.45, 2.75) is 61.1 Å². The van der Waals surface area contributed by atoms with Gasteiger partial charge in [0.2, 0.25) is 5.89 Å². The van der Waals surface area contributed by atoms with Crippen LogP contribution in [0.5, 0.6) is 0 Å². The largest absolute Gasteiger partial charge is 0.376 e. The summed E-state index contributed by atoms with van der Waals surface area (Å²) >= 11 is 0. The summed E-state index contributed by atoms with van der Waals surface area (Å²) in [7, 11) is -3.23. The molecule has 2 saturated carbocycles. The van der Waals surface area contributed by atoms with Crippen molar-refractivity contribution in [3.63, 3.8) is 0 Å². The van der Waals surface area contributed by atoms with Gasteiger partial charge in [-0.25, -0.2) is 8.42 Å². The molecule has 0 atom stereocenters. The van der Waals surface area contributed by atoms with Gasteiger partial charge in [-0.15, -0.1) is 0 Å². The monoisotopic (exact) mass is 347 g/mol. The van der Waals surface area contributed by atoms with Crippen LogP contribution in [0.1, 0.15) is 56.2 Å². The van der Waals surface area contributed by atoms with Crippen molar-refractivity contribution in [3.05, 3.63) is 36.0 Å². The molecule has 6 nitrogen and oxygen atoms in total. The second-order valence-corrected chi connectivity index (χ2v) is 8.88. The molecule has 128 valence electrons. The lowest BCUT2D eigenvalue weighted by Gasteiger charge is -2.12. The van der Waals surface area contributed by atoms with Gasteiger partial charge in [0.05, 0.1) is 16.7 Å². The zero-order chi connectivity index (χ0) is 16.6. The molecule has 1 aromatic heterocycles. The van der Waals surface area contributed by atoms with Gasteiger partial charge in [-0.1, -0.05) is 24.1 Å². The van der Waals surface area contributed by atoms with Crippen LogP contribution in [-0.2, 0) is 16.4 Å². The molecule has 4 rings (SSSR count). The summed E-state index contributed by atoms with van der Waals surface area (Å²) in [6.45, 7) is 0.395. The highest BCUT2D eigenvalue weighted by Crippen LogP contribution is 2.38. The molecule has 0 bridgehead atoms. The Kier molecular flexibility index (Phi) is 4.04. The van der Waals surface area contributed by atoms with Gasteiger partial charge in [-0.3, -0.25) is 0 Å². The molecule has 7 heteroatoms. The van der Waals surface area contributed by atoms with Crippen LogP contribution < -0.4 is 5.32 Å². The first-order valence-corrected chi connectivity index (χ1v) is 10.1. The van der Waals surface area contributed by atoms with Gasteiger partial charge in [0.1, 0.15) is 0 Å². The predicted octanol–water partition coefficient (Wildman–Crippen LogP) is 3.28. The molecule has 0 saturated heterocycles. The van der Waals surface area contributed by atoms with E-state index < -0.39 is 9.84 Å². The second-order valence-electron chi connectivity index (χ2n) is 6.65. The number of nitrogens with one attached hydrogen (secondary N) is 1. The van der Waals surface area contributed by atoms with Gasteiger partial charge < -0.3 is 9.84 Å². The quantitative estimate of drug-likeness (QED) is 0.863. The third-order valence-corrected chi connectivity index (χ3v) is 7.03. The number of hydrogen-bond donors (Lipinski definition) is 1. The van der Waals surface area contributed by atoms with Crippen LogP contribution in [0.4, 0.5) is 5.69 Å². The maximum Gasteiger partial charge on any atom is 0.245 e. The van der Waals surface area contributed by atoms with Crippen molar-refractivity contribution in [1.29, 1.82) is 0 Å². The fourth-order valence-electron chi connectivity index (χ4n) is 3.20. The summed E-state index contributed by atoms with van der Waals surface area (Å²) in [6.07, 6.45) is 5.81. The summed E-state index contributed by atoms with van der Waals surface area (Å²) in [5.41, 5.74) is 0.750. The Labute approximate surface area is 141 Å². The molecule has 2 aromatic rings. The zero-order valence-corrected chi connectivity index (χ0v) is 14.3. The van der Waals surface area contributed by atoms with Crippen LogP contribution in [0, 0.1) is 0 Å². The number of hydrogen-bond acceptors (Lipinski definition) is 6. The molecule has 0 unspecified atom stereocenters. The highest BCUT2D eigenvalue weighted by atomic mass is 32.2. The van der Waals surface area contributed by atoms with Crippen LogP contribution in [0.15, 0.2) is 33.7 Å². The minimum Gasteiger partial charge on any atom is -0.376 e. The van der Waals surface area contributed by atoms with Crippen LogP contribution >= 0.6 is 0 Å². The van der Waals surface area contributed by atoms with E-state index in [1.165, 1.54) is 0 Å². The molecule has 24 heavy (non-hydrogen) atoms. The standard InChI is InChI=1S/C17H21N3O3S/c21-24(22,14-5-1-2-6-14)15-7-3-4-13(10-15)18-11-16-19-17(20-23-16)12-8-9-12/h3-4,7,10,12,14,18H,1-2,5-6,8-9,11H2. The Hall–Kier alpha value is -1.89. The van der Waals surface area contributed by atoms with E-state index in [4.69, 9.17) is 4.52 Å². The van der Waals surface area contributed by atoms with Crippen molar-refractivity contribution < 1.29 is 12.9 Å². The highest BCUT2D eigenvalue weighted by Gasteiger charge is 2.30. The van der Waals surface area contributed by atoms with Gasteiger partial charge in [0.25, 0.3) is 0 Å². The van der Waals surface area contributed by atoms with Crippen LogP contribution in [0.2, 0.25) is 0 Å². The molecule has 2 fully saturated rings. The minimum absolute atomic E-state index is 0.232. The molecular weight excluding hydrogens is 326 g/mol. The summed E-state index contributed by atoms with van der Waals surface area (Å²) in [5, 5.41) is 6.92. The Morgan fingerprint density at radius 1 is 1.17 bits per heavy atom. The lowest BCUT2D eigenvalue weighted by Crippen LogP contribution is -2.17. The highest BCUT2D eigenvalue weighted by molar-refractivity contribution is 7.92. The normalized spacial score (nSPS) is 18.8. The summed E-state index contributed by atoms with van der Waals surface area (Å²) < 4.78 is 30.6. The molecular formula is C17H21N3O3S. The van der Waals surface area contributed by atoms with Crippen LogP contribution in [0.25, 0.3) is 0 Å². The van der Waals surface area contributed by atoms with Gasteiger partial charge in [0.15, 0.2) is 15.7 Å². The van der Waals surface area contributed by atoms with E-state index in [2.05, 4.69) is 15.5 Å². The third-order valence-electron chi connectivity index (χ3n) is 4.77. The van der Waals surface area contributed by atoms with Crippen molar-refractivity contribution in [1.82, 2.24) is 10.1 Å². The van der Waals surface area contributed by atoms with Crippen LogP contribution in [-0.4, -0.2) is 23.8 Å².